The topological polar surface area (TPSA) is 37.4 Å². The number of rotatable bonds is 3. The first-order valence-electron chi connectivity index (χ1n) is 6.77. The Morgan fingerprint density at radius 3 is 2.67 bits per heavy atom. The first-order chi connectivity index (χ1) is 10.0. The summed E-state index contributed by atoms with van der Waals surface area (Å²) in [5.41, 5.74) is 2.22. The Labute approximate surface area is 137 Å². The lowest BCUT2D eigenvalue weighted by atomic mass is 10.0. The van der Waals surface area contributed by atoms with Crippen LogP contribution in [0.3, 0.4) is 0 Å². The summed E-state index contributed by atoms with van der Waals surface area (Å²) in [6, 6.07) is 9.04. The monoisotopic (exact) mass is 385 g/mol. The lowest BCUT2D eigenvalue weighted by molar-refractivity contribution is 0.329. The van der Waals surface area contributed by atoms with Gasteiger partial charge in [0.05, 0.1) is 4.90 Å². The molecule has 0 spiro atoms. The number of hydrogen-bond donors (Lipinski definition) is 0. The van der Waals surface area contributed by atoms with Crippen molar-refractivity contribution in [1.82, 2.24) is 4.31 Å². The molecule has 112 valence electrons. The summed E-state index contributed by atoms with van der Waals surface area (Å²) in [5.74, 6) is 0. The van der Waals surface area contributed by atoms with Crippen LogP contribution in [0.1, 0.15) is 29.0 Å². The minimum atomic E-state index is -3.43. The number of fused-ring (bicyclic) bond motifs is 1. The molecule has 1 atom stereocenters. The van der Waals surface area contributed by atoms with Gasteiger partial charge in [0.1, 0.15) is 0 Å². The van der Waals surface area contributed by atoms with Crippen LogP contribution in [-0.4, -0.2) is 19.3 Å². The third-order valence-electron chi connectivity index (χ3n) is 3.91. The van der Waals surface area contributed by atoms with E-state index in [1.54, 1.807) is 27.8 Å². The van der Waals surface area contributed by atoms with Crippen LogP contribution in [0, 0.1) is 0 Å². The van der Waals surface area contributed by atoms with Crippen LogP contribution in [-0.2, 0) is 21.8 Å². The molecule has 0 radical (unpaired) electrons. The van der Waals surface area contributed by atoms with Crippen molar-refractivity contribution < 1.29 is 8.42 Å². The van der Waals surface area contributed by atoms with Crippen molar-refractivity contribution in [2.45, 2.75) is 29.6 Å². The third-order valence-corrected chi connectivity index (χ3v) is 7.53. The fraction of sp³-hybridized carbons (Fsp3) is 0.333. The number of hydrogen-bond acceptors (Lipinski definition) is 3. The molecule has 1 aliphatic rings. The maximum atomic E-state index is 12.8. The molecule has 0 saturated heterocycles. The number of benzene rings is 1. The van der Waals surface area contributed by atoms with Crippen LogP contribution < -0.4 is 0 Å². The fourth-order valence-electron chi connectivity index (χ4n) is 2.70. The Balaban J connectivity index is 1.95. The zero-order chi connectivity index (χ0) is 15.0. The Bertz CT molecular complexity index is 737. The highest BCUT2D eigenvalue weighted by molar-refractivity contribution is 9.08. The van der Waals surface area contributed by atoms with E-state index in [2.05, 4.69) is 15.9 Å². The molecule has 1 aromatic heterocycles. The van der Waals surface area contributed by atoms with Gasteiger partial charge in [-0.3, -0.25) is 0 Å². The van der Waals surface area contributed by atoms with Crippen molar-refractivity contribution in [3.63, 3.8) is 0 Å². The first-order valence-corrected chi connectivity index (χ1v) is 10.2. The second-order valence-electron chi connectivity index (χ2n) is 5.12. The van der Waals surface area contributed by atoms with E-state index < -0.39 is 10.0 Å². The van der Waals surface area contributed by atoms with Gasteiger partial charge in [0, 0.05) is 22.8 Å². The summed E-state index contributed by atoms with van der Waals surface area (Å²) in [6.45, 7) is 2.52. The van der Waals surface area contributed by atoms with Gasteiger partial charge < -0.3 is 0 Å². The predicted octanol–water partition coefficient (Wildman–Crippen LogP) is 3.95. The van der Waals surface area contributed by atoms with Crippen molar-refractivity contribution in [1.29, 1.82) is 0 Å². The number of nitrogens with zero attached hydrogens (tertiary/aromatic N) is 1. The summed E-state index contributed by atoms with van der Waals surface area (Å²) < 4.78 is 27.3. The van der Waals surface area contributed by atoms with Crippen molar-refractivity contribution >= 4 is 37.3 Å². The molecule has 0 bridgehead atoms. The standard InChI is InChI=1S/C15H16BrNO2S2/c1-11-14-7-9-20-15(14)6-8-17(11)21(18,19)13-4-2-12(10-16)3-5-13/h2-5,7,9,11H,6,8,10H2,1H3. The van der Waals surface area contributed by atoms with E-state index >= 15 is 0 Å². The molecule has 0 amide bonds. The maximum Gasteiger partial charge on any atom is 0.243 e. The van der Waals surface area contributed by atoms with Crippen LogP contribution in [0.15, 0.2) is 40.6 Å². The Hall–Kier alpha value is -0.690. The first kappa shape index (κ1) is 15.2. The number of thiophene rings is 1. The highest BCUT2D eigenvalue weighted by Crippen LogP contribution is 2.36. The second-order valence-corrected chi connectivity index (χ2v) is 8.57. The Morgan fingerprint density at radius 2 is 2.00 bits per heavy atom. The van der Waals surface area contributed by atoms with Crippen LogP contribution >= 0.6 is 27.3 Å². The van der Waals surface area contributed by atoms with E-state index in [0.717, 1.165) is 22.9 Å². The highest BCUT2D eigenvalue weighted by atomic mass is 79.9. The van der Waals surface area contributed by atoms with Gasteiger partial charge in [-0.2, -0.15) is 4.31 Å². The predicted molar refractivity (Wildman–Crippen MR) is 89.4 cm³/mol. The minimum absolute atomic E-state index is 0.0964. The summed E-state index contributed by atoms with van der Waals surface area (Å²) in [7, 11) is -3.43. The van der Waals surface area contributed by atoms with Crippen LogP contribution in [0.4, 0.5) is 0 Å². The van der Waals surface area contributed by atoms with Gasteiger partial charge in [-0.15, -0.1) is 11.3 Å². The molecule has 3 nitrogen and oxygen atoms in total. The zero-order valence-electron chi connectivity index (χ0n) is 11.6. The molecule has 0 N–H and O–H groups in total. The van der Waals surface area contributed by atoms with Gasteiger partial charge >= 0.3 is 0 Å². The van der Waals surface area contributed by atoms with Crippen LogP contribution in [0.2, 0.25) is 0 Å². The Morgan fingerprint density at radius 1 is 1.29 bits per heavy atom. The molecule has 2 aromatic rings. The number of sulfonamides is 1. The summed E-state index contributed by atoms with van der Waals surface area (Å²) in [6.07, 6.45) is 0.802. The summed E-state index contributed by atoms with van der Waals surface area (Å²) >= 11 is 5.09. The molecule has 0 aliphatic carbocycles. The Kier molecular flexibility index (Phi) is 4.23. The van der Waals surface area contributed by atoms with Crippen molar-refractivity contribution in [3.05, 3.63) is 51.7 Å². The zero-order valence-corrected chi connectivity index (χ0v) is 14.8. The number of alkyl halides is 1. The molecular weight excluding hydrogens is 370 g/mol. The lowest BCUT2D eigenvalue weighted by Crippen LogP contribution is -2.38. The van der Waals surface area contributed by atoms with Crippen molar-refractivity contribution in [3.8, 4) is 0 Å². The summed E-state index contributed by atoms with van der Waals surface area (Å²) in [4.78, 5) is 1.68. The maximum absolute atomic E-state index is 12.8. The molecule has 1 aliphatic heterocycles. The van der Waals surface area contributed by atoms with Gasteiger partial charge in [-0.25, -0.2) is 8.42 Å². The SMILES string of the molecule is CC1c2ccsc2CCN1S(=O)(=O)c1ccc(CBr)cc1. The van der Waals surface area contributed by atoms with Gasteiger partial charge in [0.25, 0.3) is 0 Å². The van der Waals surface area contributed by atoms with Gasteiger partial charge in [-0.05, 0) is 48.1 Å². The molecule has 0 fully saturated rings. The molecule has 3 rings (SSSR count). The molecule has 21 heavy (non-hydrogen) atoms. The van der Waals surface area contributed by atoms with E-state index in [1.165, 1.54) is 4.88 Å². The number of halogens is 1. The average Bonchev–Trinajstić information content (AvgIpc) is 2.97. The fourth-order valence-corrected chi connectivity index (χ4v) is 5.65. The van der Waals surface area contributed by atoms with Gasteiger partial charge in [-0.1, -0.05) is 28.1 Å². The minimum Gasteiger partial charge on any atom is -0.207 e. The molecule has 0 saturated carbocycles. The highest BCUT2D eigenvalue weighted by Gasteiger charge is 2.34. The average molecular weight is 386 g/mol. The largest absolute Gasteiger partial charge is 0.243 e. The smallest absolute Gasteiger partial charge is 0.207 e. The van der Waals surface area contributed by atoms with E-state index in [4.69, 9.17) is 0 Å². The molecule has 6 heteroatoms. The lowest BCUT2D eigenvalue weighted by Gasteiger charge is -2.32. The molecular formula is C15H16BrNO2S2. The summed E-state index contributed by atoms with van der Waals surface area (Å²) in [5, 5.41) is 2.77. The third kappa shape index (κ3) is 2.70. The van der Waals surface area contributed by atoms with Crippen LogP contribution in [0.5, 0.6) is 0 Å². The molecule has 1 aromatic carbocycles. The van der Waals surface area contributed by atoms with Crippen LogP contribution in [0.25, 0.3) is 0 Å². The van der Waals surface area contributed by atoms with E-state index in [0.29, 0.717) is 11.4 Å². The quantitative estimate of drug-likeness (QED) is 0.749. The van der Waals surface area contributed by atoms with E-state index in [1.807, 2.05) is 30.5 Å². The normalized spacial score (nSPS) is 19.4. The van der Waals surface area contributed by atoms with E-state index in [-0.39, 0.29) is 6.04 Å². The second kappa shape index (κ2) is 5.83. The van der Waals surface area contributed by atoms with Crippen molar-refractivity contribution in [2.24, 2.45) is 0 Å². The van der Waals surface area contributed by atoms with Gasteiger partial charge in [0.15, 0.2) is 0 Å². The van der Waals surface area contributed by atoms with Crippen molar-refractivity contribution in [2.75, 3.05) is 6.54 Å². The van der Waals surface area contributed by atoms with Gasteiger partial charge in [0.2, 0.25) is 10.0 Å². The molecule has 1 unspecified atom stereocenters. The molecule has 2 heterocycles. The van der Waals surface area contributed by atoms with E-state index in [9.17, 15) is 8.42 Å².